The van der Waals surface area contributed by atoms with Crippen LogP contribution in [0.25, 0.3) is 11.3 Å². The van der Waals surface area contributed by atoms with E-state index >= 15 is 0 Å². The normalized spacial score (nSPS) is 10.6. The first-order valence-corrected chi connectivity index (χ1v) is 6.22. The Morgan fingerprint density at radius 1 is 1.00 bits per heavy atom. The Kier molecular flexibility index (Phi) is 3.51. The van der Waals surface area contributed by atoms with E-state index in [0.29, 0.717) is 0 Å². The van der Waals surface area contributed by atoms with E-state index in [1.54, 1.807) is 14.2 Å². The number of ether oxygens (including phenoxy) is 2. The summed E-state index contributed by atoms with van der Waals surface area (Å²) in [5.41, 5.74) is 5.20. The van der Waals surface area contributed by atoms with Crippen LogP contribution in [-0.2, 0) is 7.05 Å². The summed E-state index contributed by atoms with van der Waals surface area (Å²) in [6.07, 6.45) is 0. The van der Waals surface area contributed by atoms with E-state index in [9.17, 15) is 0 Å². The second-order valence-electron chi connectivity index (χ2n) is 4.70. The highest BCUT2D eigenvalue weighted by Gasteiger charge is 2.17. The molecule has 0 aliphatic heterocycles. The topological polar surface area (TPSA) is 36.3 Å². The molecule has 0 fully saturated rings. The summed E-state index contributed by atoms with van der Waals surface area (Å²) in [7, 11) is 5.32. The first-order chi connectivity index (χ1) is 8.99. The number of aromatic nitrogens is 2. The Labute approximate surface area is 114 Å². The fourth-order valence-corrected chi connectivity index (χ4v) is 2.39. The minimum Gasteiger partial charge on any atom is -0.496 e. The number of aryl methyl sites for hydroxylation is 2. The molecule has 0 unspecified atom stereocenters. The largest absolute Gasteiger partial charge is 0.496 e. The van der Waals surface area contributed by atoms with Gasteiger partial charge in [0.15, 0.2) is 0 Å². The zero-order valence-corrected chi connectivity index (χ0v) is 12.4. The van der Waals surface area contributed by atoms with Crippen LogP contribution in [0, 0.1) is 20.8 Å². The van der Waals surface area contributed by atoms with Crippen molar-refractivity contribution in [3.8, 4) is 22.8 Å². The average molecular weight is 260 g/mol. The summed E-state index contributed by atoms with van der Waals surface area (Å²) < 4.78 is 12.9. The van der Waals surface area contributed by atoms with E-state index in [1.807, 2.05) is 44.6 Å². The lowest BCUT2D eigenvalue weighted by atomic mass is 10.0. The van der Waals surface area contributed by atoms with Gasteiger partial charge in [-0.1, -0.05) is 0 Å². The monoisotopic (exact) mass is 260 g/mol. The van der Waals surface area contributed by atoms with Gasteiger partial charge in [0.2, 0.25) is 0 Å². The van der Waals surface area contributed by atoms with Crippen LogP contribution in [0.2, 0.25) is 0 Å². The predicted molar refractivity (Wildman–Crippen MR) is 76.0 cm³/mol. The van der Waals surface area contributed by atoms with Crippen LogP contribution >= 0.6 is 0 Å². The quantitative estimate of drug-likeness (QED) is 0.851. The van der Waals surface area contributed by atoms with E-state index in [1.165, 1.54) is 0 Å². The van der Waals surface area contributed by atoms with Crippen molar-refractivity contribution in [2.75, 3.05) is 14.2 Å². The minimum absolute atomic E-state index is 0.868. The van der Waals surface area contributed by atoms with Crippen molar-refractivity contribution >= 4 is 0 Å². The van der Waals surface area contributed by atoms with Gasteiger partial charge in [-0.05, 0) is 44.0 Å². The van der Waals surface area contributed by atoms with Crippen LogP contribution in [0.5, 0.6) is 11.5 Å². The fraction of sp³-hybridized carbons (Fsp3) is 0.400. The molecule has 0 bridgehead atoms. The van der Waals surface area contributed by atoms with E-state index in [-0.39, 0.29) is 0 Å². The van der Waals surface area contributed by atoms with Crippen LogP contribution < -0.4 is 9.47 Å². The van der Waals surface area contributed by atoms with Gasteiger partial charge in [-0.2, -0.15) is 5.10 Å². The molecule has 0 aliphatic carbocycles. The molecule has 4 heteroatoms. The molecule has 0 atom stereocenters. The Balaban J connectivity index is 2.75. The standard InChI is InChI=1S/C15H20N2O2/c1-9-7-13(17(4)16-9)12-8-14(18-5)10(2)11(3)15(12)19-6/h7-8H,1-6H3. The van der Waals surface area contributed by atoms with Gasteiger partial charge in [0.25, 0.3) is 0 Å². The number of hydrogen-bond donors (Lipinski definition) is 0. The van der Waals surface area contributed by atoms with Crippen molar-refractivity contribution < 1.29 is 9.47 Å². The maximum absolute atomic E-state index is 5.58. The van der Waals surface area contributed by atoms with E-state index in [0.717, 1.165) is 39.6 Å². The van der Waals surface area contributed by atoms with Gasteiger partial charge in [0.05, 0.1) is 25.6 Å². The number of rotatable bonds is 3. The Bertz CT molecular complexity index is 615. The smallest absolute Gasteiger partial charge is 0.131 e. The lowest BCUT2D eigenvalue weighted by molar-refractivity contribution is 0.399. The third-order valence-electron chi connectivity index (χ3n) is 3.49. The Morgan fingerprint density at radius 3 is 2.16 bits per heavy atom. The highest BCUT2D eigenvalue weighted by molar-refractivity contribution is 5.73. The lowest BCUT2D eigenvalue weighted by Gasteiger charge is -2.16. The third kappa shape index (κ3) is 2.18. The third-order valence-corrected chi connectivity index (χ3v) is 3.49. The molecule has 1 aromatic carbocycles. The van der Waals surface area contributed by atoms with Crippen molar-refractivity contribution in [3.05, 3.63) is 29.0 Å². The second-order valence-corrected chi connectivity index (χ2v) is 4.70. The van der Waals surface area contributed by atoms with E-state index in [4.69, 9.17) is 9.47 Å². The molecule has 1 aromatic heterocycles. The summed E-state index contributed by atoms with van der Waals surface area (Å²) in [6.45, 7) is 6.06. The molecular weight excluding hydrogens is 240 g/mol. The van der Waals surface area contributed by atoms with Crippen LogP contribution in [0.15, 0.2) is 12.1 Å². The van der Waals surface area contributed by atoms with Crippen LogP contribution in [0.1, 0.15) is 16.8 Å². The molecule has 1 heterocycles. The summed E-state index contributed by atoms with van der Waals surface area (Å²) >= 11 is 0. The number of benzene rings is 1. The lowest BCUT2D eigenvalue weighted by Crippen LogP contribution is -2.00. The summed E-state index contributed by atoms with van der Waals surface area (Å²) in [4.78, 5) is 0. The zero-order chi connectivity index (χ0) is 14.2. The van der Waals surface area contributed by atoms with Gasteiger partial charge >= 0.3 is 0 Å². The minimum atomic E-state index is 0.868. The van der Waals surface area contributed by atoms with Crippen molar-refractivity contribution in [2.45, 2.75) is 20.8 Å². The number of nitrogens with zero attached hydrogens (tertiary/aromatic N) is 2. The second kappa shape index (κ2) is 4.96. The van der Waals surface area contributed by atoms with Crippen molar-refractivity contribution in [3.63, 3.8) is 0 Å². The molecule has 4 nitrogen and oxygen atoms in total. The average Bonchev–Trinajstić information content (AvgIpc) is 2.71. The SMILES string of the molecule is COc1cc(-c2cc(C)nn2C)c(OC)c(C)c1C. The predicted octanol–water partition coefficient (Wildman–Crippen LogP) is 3.03. The Hall–Kier alpha value is -1.97. The van der Waals surface area contributed by atoms with Gasteiger partial charge in [-0.15, -0.1) is 0 Å². The molecule has 2 rings (SSSR count). The maximum Gasteiger partial charge on any atom is 0.131 e. The van der Waals surface area contributed by atoms with Crippen LogP contribution in [-0.4, -0.2) is 24.0 Å². The molecule has 2 aromatic rings. The summed E-state index contributed by atoms with van der Waals surface area (Å²) in [5.74, 6) is 1.74. The van der Waals surface area contributed by atoms with E-state index in [2.05, 4.69) is 5.10 Å². The van der Waals surface area contributed by atoms with E-state index < -0.39 is 0 Å². The molecule has 0 spiro atoms. The summed E-state index contributed by atoms with van der Waals surface area (Å²) in [5, 5.41) is 4.39. The molecule has 19 heavy (non-hydrogen) atoms. The van der Waals surface area contributed by atoms with Gasteiger partial charge in [-0.25, -0.2) is 0 Å². The van der Waals surface area contributed by atoms with Gasteiger partial charge < -0.3 is 9.47 Å². The highest BCUT2D eigenvalue weighted by atomic mass is 16.5. The van der Waals surface area contributed by atoms with Gasteiger partial charge in [0, 0.05) is 12.6 Å². The molecule has 0 saturated carbocycles. The fourth-order valence-electron chi connectivity index (χ4n) is 2.39. The molecule has 102 valence electrons. The van der Waals surface area contributed by atoms with Gasteiger partial charge in [-0.3, -0.25) is 4.68 Å². The summed E-state index contributed by atoms with van der Waals surface area (Å²) in [6, 6.07) is 4.06. The van der Waals surface area contributed by atoms with Crippen molar-refractivity contribution in [1.29, 1.82) is 0 Å². The Morgan fingerprint density at radius 2 is 1.68 bits per heavy atom. The first-order valence-electron chi connectivity index (χ1n) is 6.22. The number of hydrogen-bond acceptors (Lipinski definition) is 3. The highest BCUT2D eigenvalue weighted by Crippen LogP contribution is 2.39. The first kappa shape index (κ1) is 13.5. The molecule has 0 saturated heterocycles. The molecule has 0 radical (unpaired) electrons. The molecule has 0 amide bonds. The van der Waals surface area contributed by atoms with Crippen LogP contribution in [0.3, 0.4) is 0 Å². The maximum atomic E-state index is 5.58. The van der Waals surface area contributed by atoms with Crippen molar-refractivity contribution in [1.82, 2.24) is 9.78 Å². The van der Waals surface area contributed by atoms with Crippen molar-refractivity contribution in [2.24, 2.45) is 7.05 Å². The number of methoxy groups -OCH3 is 2. The van der Waals surface area contributed by atoms with Crippen LogP contribution in [0.4, 0.5) is 0 Å². The van der Waals surface area contributed by atoms with Gasteiger partial charge in [0.1, 0.15) is 11.5 Å². The molecular formula is C15H20N2O2. The molecule has 0 aliphatic rings. The zero-order valence-electron chi connectivity index (χ0n) is 12.4. The molecule has 0 N–H and O–H groups in total.